The number of halogens is 1. The van der Waals surface area contributed by atoms with E-state index in [0.29, 0.717) is 23.9 Å². The molecule has 1 saturated heterocycles. The Hall–Kier alpha value is -1.63. The van der Waals surface area contributed by atoms with Crippen molar-refractivity contribution >= 4 is 17.4 Å². The zero-order chi connectivity index (χ0) is 16.6. The third-order valence-corrected chi connectivity index (χ3v) is 4.57. The molecular formula is C16H21ClN4O2. The van der Waals surface area contributed by atoms with Crippen LogP contribution >= 0.6 is 11.6 Å². The van der Waals surface area contributed by atoms with Crippen molar-refractivity contribution in [3.05, 3.63) is 28.5 Å². The number of aryl methyl sites for hydroxylation is 2. The van der Waals surface area contributed by atoms with E-state index < -0.39 is 0 Å². The van der Waals surface area contributed by atoms with Crippen molar-refractivity contribution in [3.63, 3.8) is 0 Å². The van der Waals surface area contributed by atoms with E-state index in [1.165, 1.54) is 0 Å². The van der Waals surface area contributed by atoms with E-state index in [-0.39, 0.29) is 12.6 Å². The van der Waals surface area contributed by atoms with Crippen molar-refractivity contribution in [1.82, 2.24) is 14.8 Å². The van der Waals surface area contributed by atoms with E-state index in [1.807, 2.05) is 26.2 Å². The first kappa shape index (κ1) is 16.2. The van der Waals surface area contributed by atoms with Crippen molar-refractivity contribution < 1.29 is 9.84 Å². The third kappa shape index (κ3) is 2.94. The summed E-state index contributed by atoms with van der Waals surface area (Å²) < 4.78 is 7.29. The van der Waals surface area contributed by atoms with Crippen molar-refractivity contribution in [2.75, 3.05) is 24.7 Å². The molecule has 0 amide bonds. The standard InChI is InChI=1S/C16H21ClN4O2/c1-10-7-18-20(3)15(10)12-6-14(19-16(17)13(12)8-22)21-4-5-23-9-11(21)2/h6-7,11,22H,4-5,8-9H2,1-3H3/t11-/m1/s1. The van der Waals surface area contributed by atoms with Gasteiger partial charge >= 0.3 is 0 Å². The molecule has 3 rings (SSSR count). The fraction of sp³-hybridized carbons (Fsp3) is 0.500. The maximum absolute atomic E-state index is 9.75. The van der Waals surface area contributed by atoms with Gasteiger partial charge in [-0.25, -0.2) is 4.98 Å². The van der Waals surface area contributed by atoms with E-state index >= 15 is 0 Å². The lowest BCUT2D eigenvalue weighted by Gasteiger charge is -2.34. The maximum atomic E-state index is 9.75. The molecule has 1 aliphatic rings. The Bertz CT molecular complexity index is 697. The highest BCUT2D eigenvalue weighted by Crippen LogP contribution is 2.34. The molecular weight excluding hydrogens is 316 g/mol. The average molecular weight is 337 g/mol. The molecule has 2 aromatic rings. The van der Waals surface area contributed by atoms with Gasteiger partial charge in [-0.1, -0.05) is 11.6 Å². The molecule has 0 spiro atoms. The highest BCUT2D eigenvalue weighted by Gasteiger charge is 2.24. The van der Waals surface area contributed by atoms with Crippen LogP contribution in [-0.4, -0.2) is 45.7 Å². The van der Waals surface area contributed by atoms with Crippen LogP contribution in [0.15, 0.2) is 12.3 Å². The largest absolute Gasteiger partial charge is 0.392 e. The molecule has 1 N–H and O–H groups in total. The molecule has 2 aromatic heterocycles. The SMILES string of the molecule is Cc1cnn(C)c1-c1cc(N2CCOC[C@H]2C)nc(Cl)c1CO. The van der Waals surface area contributed by atoms with Gasteiger partial charge in [0.05, 0.1) is 37.8 Å². The van der Waals surface area contributed by atoms with E-state index in [0.717, 1.165) is 29.2 Å². The minimum Gasteiger partial charge on any atom is -0.392 e. The summed E-state index contributed by atoms with van der Waals surface area (Å²) in [6.45, 7) is 6.04. The predicted molar refractivity (Wildman–Crippen MR) is 89.7 cm³/mol. The highest BCUT2D eigenvalue weighted by atomic mass is 35.5. The quantitative estimate of drug-likeness (QED) is 0.870. The molecule has 1 atom stereocenters. The Balaban J connectivity index is 2.14. The third-order valence-electron chi connectivity index (χ3n) is 4.26. The van der Waals surface area contributed by atoms with Crippen molar-refractivity contribution in [2.24, 2.45) is 7.05 Å². The molecule has 23 heavy (non-hydrogen) atoms. The topological polar surface area (TPSA) is 63.4 Å². The van der Waals surface area contributed by atoms with Crippen LogP contribution in [0.5, 0.6) is 0 Å². The van der Waals surface area contributed by atoms with Crippen LogP contribution in [0.25, 0.3) is 11.3 Å². The first-order valence-electron chi connectivity index (χ1n) is 7.66. The van der Waals surface area contributed by atoms with Crippen LogP contribution in [0.1, 0.15) is 18.1 Å². The summed E-state index contributed by atoms with van der Waals surface area (Å²) in [6.07, 6.45) is 1.81. The van der Waals surface area contributed by atoms with Gasteiger partial charge in [-0.15, -0.1) is 0 Å². The summed E-state index contributed by atoms with van der Waals surface area (Å²) in [5.74, 6) is 0.804. The molecule has 3 heterocycles. The Morgan fingerprint density at radius 1 is 1.48 bits per heavy atom. The smallest absolute Gasteiger partial charge is 0.137 e. The second-order valence-corrected chi connectivity index (χ2v) is 6.23. The number of aliphatic hydroxyl groups is 1. The number of rotatable bonds is 3. The first-order valence-corrected chi connectivity index (χ1v) is 8.04. The number of pyridine rings is 1. The fourth-order valence-electron chi connectivity index (χ4n) is 3.04. The Morgan fingerprint density at radius 2 is 2.26 bits per heavy atom. The molecule has 7 heteroatoms. The summed E-state index contributed by atoms with van der Waals surface area (Å²) >= 11 is 6.36. The van der Waals surface area contributed by atoms with Crippen molar-refractivity contribution in [3.8, 4) is 11.3 Å². The minimum absolute atomic E-state index is 0.162. The number of ether oxygens (including phenoxy) is 1. The zero-order valence-electron chi connectivity index (χ0n) is 13.6. The van der Waals surface area contributed by atoms with Crippen LogP contribution in [0.2, 0.25) is 5.15 Å². The Morgan fingerprint density at radius 3 is 2.87 bits per heavy atom. The van der Waals surface area contributed by atoms with Crippen LogP contribution in [0.4, 0.5) is 5.82 Å². The summed E-state index contributed by atoms with van der Waals surface area (Å²) in [5.41, 5.74) is 3.48. The molecule has 6 nitrogen and oxygen atoms in total. The molecule has 0 saturated carbocycles. The van der Waals surface area contributed by atoms with Crippen molar-refractivity contribution in [2.45, 2.75) is 26.5 Å². The molecule has 1 fully saturated rings. The molecule has 124 valence electrons. The van der Waals surface area contributed by atoms with Gasteiger partial charge in [0.15, 0.2) is 0 Å². The maximum Gasteiger partial charge on any atom is 0.137 e. The molecule has 1 aliphatic heterocycles. The van der Waals surface area contributed by atoms with E-state index in [4.69, 9.17) is 16.3 Å². The van der Waals surface area contributed by atoms with E-state index in [2.05, 4.69) is 21.9 Å². The monoisotopic (exact) mass is 336 g/mol. The second kappa shape index (κ2) is 6.47. The van der Waals surface area contributed by atoms with Crippen LogP contribution in [0, 0.1) is 6.92 Å². The fourth-order valence-corrected chi connectivity index (χ4v) is 3.29. The van der Waals surface area contributed by atoms with Gasteiger partial charge in [-0.05, 0) is 25.5 Å². The van der Waals surface area contributed by atoms with Gasteiger partial charge in [0.25, 0.3) is 0 Å². The zero-order valence-corrected chi connectivity index (χ0v) is 14.3. The molecule has 0 bridgehead atoms. The number of anilines is 1. The average Bonchev–Trinajstić information content (AvgIpc) is 2.86. The molecule has 0 aliphatic carbocycles. The number of nitrogens with zero attached hydrogens (tertiary/aromatic N) is 4. The molecule has 0 radical (unpaired) electrons. The number of hydrogen-bond acceptors (Lipinski definition) is 5. The molecule has 0 aromatic carbocycles. The van der Waals surface area contributed by atoms with E-state index in [9.17, 15) is 5.11 Å². The van der Waals surface area contributed by atoms with Crippen LogP contribution < -0.4 is 4.90 Å². The first-order chi connectivity index (χ1) is 11.0. The van der Waals surface area contributed by atoms with Gasteiger partial charge in [-0.3, -0.25) is 4.68 Å². The number of hydrogen-bond donors (Lipinski definition) is 1. The van der Waals surface area contributed by atoms with Gasteiger partial charge in [0, 0.05) is 24.7 Å². The lowest BCUT2D eigenvalue weighted by atomic mass is 10.0. The number of aliphatic hydroxyl groups excluding tert-OH is 1. The van der Waals surface area contributed by atoms with E-state index in [1.54, 1.807) is 4.68 Å². The summed E-state index contributed by atoms with van der Waals surface area (Å²) in [5, 5.41) is 14.4. The van der Waals surface area contributed by atoms with Crippen LogP contribution in [0.3, 0.4) is 0 Å². The lowest BCUT2D eigenvalue weighted by Crippen LogP contribution is -2.44. The Labute approximate surface area is 140 Å². The predicted octanol–water partition coefficient (Wildman–Crippen LogP) is 2.16. The van der Waals surface area contributed by atoms with Crippen LogP contribution in [-0.2, 0) is 18.4 Å². The molecule has 0 unspecified atom stereocenters. The lowest BCUT2D eigenvalue weighted by molar-refractivity contribution is 0.0985. The summed E-state index contributed by atoms with van der Waals surface area (Å²) in [4.78, 5) is 6.68. The normalized spacial score (nSPS) is 18.5. The summed E-state index contributed by atoms with van der Waals surface area (Å²) in [7, 11) is 1.88. The highest BCUT2D eigenvalue weighted by molar-refractivity contribution is 6.30. The van der Waals surface area contributed by atoms with Gasteiger partial charge in [0.1, 0.15) is 11.0 Å². The number of morpholine rings is 1. The minimum atomic E-state index is -0.162. The second-order valence-electron chi connectivity index (χ2n) is 5.87. The van der Waals surface area contributed by atoms with Gasteiger partial charge in [-0.2, -0.15) is 5.10 Å². The van der Waals surface area contributed by atoms with Gasteiger partial charge < -0.3 is 14.7 Å². The summed E-state index contributed by atoms with van der Waals surface area (Å²) in [6, 6.07) is 2.22. The van der Waals surface area contributed by atoms with Crippen molar-refractivity contribution in [1.29, 1.82) is 0 Å². The Kier molecular flexibility index (Phi) is 4.57. The van der Waals surface area contributed by atoms with Gasteiger partial charge in [0.2, 0.25) is 0 Å². The number of aromatic nitrogens is 3.